The van der Waals surface area contributed by atoms with Crippen LogP contribution in [0.4, 0.5) is 4.39 Å². The molecule has 0 amide bonds. The van der Waals surface area contributed by atoms with E-state index in [1.54, 1.807) is 37.8 Å². The number of benzene rings is 2. The van der Waals surface area contributed by atoms with E-state index in [1.807, 2.05) is 30.3 Å². The van der Waals surface area contributed by atoms with Crippen molar-refractivity contribution in [1.29, 1.82) is 0 Å². The third kappa shape index (κ3) is 4.08. The molecule has 0 saturated carbocycles. The summed E-state index contributed by atoms with van der Waals surface area (Å²) < 4.78 is 21.1. The molecular formula is C22H25FN2O3. The predicted molar refractivity (Wildman–Crippen MR) is 106 cm³/mol. The first kappa shape index (κ1) is 20.0. The molecule has 0 aliphatic carbocycles. The van der Waals surface area contributed by atoms with E-state index in [9.17, 15) is 9.50 Å². The van der Waals surface area contributed by atoms with Gasteiger partial charge in [-0.2, -0.15) is 5.10 Å². The normalized spacial score (nSPS) is 13.4. The lowest BCUT2D eigenvalue weighted by molar-refractivity contribution is 0.0357. The fourth-order valence-electron chi connectivity index (χ4n) is 3.07. The molecule has 1 unspecified atom stereocenters. The molecule has 2 N–H and O–H groups in total. The van der Waals surface area contributed by atoms with Gasteiger partial charge in [0.05, 0.1) is 24.2 Å². The maximum absolute atomic E-state index is 14.2. The van der Waals surface area contributed by atoms with Crippen LogP contribution in [0.5, 0.6) is 5.75 Å². The number of aromatic nitrogens is 2. The van der Waals surface area contributed by atoms with E-state index in [0.717, 1.165) is 5.69 Å². The molecule has 0 aliphatic rings. The second-order valence-corrected chi connectivity index (χ2v) is 7.09. The van der Waals surface area contributed by atoms with Crippen molar-refractivity contribution in [2.45, 2.75) is 32.3 Å². The van der Waals surface area contributed by atoms with E-state index in [4.69, 9.17) is 9.84 Å². The Hall–Kier alpha value is -2.70. The van der Waals surface area contributed by atoms with Crippen LogP contribution < -0.4 is 4.74 Å². The number of hydrogen-bond donors (Lipinski definition) is 2. The molecule has 0 spiro atoms. The van der Waals surface area contributed by atoms with E-state index in [1.165, 1.54) is 6.07 Å². The molecule has 1 aromatic heterocycles. The molecule has 2 aromatic carbocycles. The summed E-state index contributed by atoms with van der Waals surface area (Å²) in [5.41, 5.74) is 1.92. The topological polar surface area (TPSA) is 67.5 Å². The summed E-state index contributed by atoms with van der Waals surface area (Å²) >= 11 is 0. The maximum atomic E-state index is 14.2. The van der Waals surface area contributed by atoms with Crippen LogP contribution in [0.3, 0.4) is 0 Å². The Morgan fingerprint density at radius 3 is 2.46 bits per heavy atom. The van der Waals surface area contributed by atoms with Crippen LogP contribution in [-0.4, -0.2) is 33.7 Å². The highest BCUT2D eigenvalue weighted by molar-refractivity contribution is 5.64. The number of halogens is 1. The first-order valence-corrected chi connectivity index (χ1v) is 9.20. The lowest BCUT2D eigenvalue weighted by atomic mass is 9.95. The van der Waals surface area contributed by atoms with Gasteiger partial charge in [0.25, 0.3) is 0 Å². The number of hydrogen-bond acceptors (Lipinski definition) is 4. The molecule has 0 saturated heterocycles. The largest absolute Gasteiger partial charge is 0.497 e. The average Bonchev–Trinajstić information content (AvgIpc) is 3.15. The summed E-state index contributed by atoms with van der Waals surface area (Å²) in [6.45, 7) is 3.37. The van der Waals surface area contributed by atoms with Gasteiger partial charge in [-0.25, -0.2) is 9.07 Å². The zero-order valence-corrected chi connectivity index (χ0v) is 16.3. The number of rotatable bonds is 7. The molecule has 148 valence electrons. The average molecular weight is 384 g/mol. The van der Waals surface area contributed by atoms with Crippen LogP contribution in [0.1, 0.15) is 31.0 Å². The first-order chi connectivity index (χ1) is 13.4. The van der Waals surface area contributed by atoms with Crippen molar-refractivity contribution in [3.8, 4) is 22.7 Å². The van der Waals surface area contributed by atoms with Crippen molar-refractivity contribution in [2.75, 3.05) is 13.7 Å². The Bertz CT molecular complexity index is 949. The summed E-state index contributed by atoms with van der Waals surface area (Å²) in [4.78, 5) is 0. The highest BCUT2D eigenvalue weighted by atomic mass is 19.1. The van der Waals surface area contributed by atoms with Crippen LogP contribution in [-0.2, 0) is 5.60 Å². The molecule has 28 heavy (non-hydrogen) atoms. The summed E-state index contributed by atoms with van der Waals surface area (Å²) in [6, 6.07) is 14.1. The fourth-order valence-corrected chi connectivity index (χ4v) is 3.07. The third-order valence-corrected chi connectivity index (χ3v) is 4.87. The van der Waals surface area contributed by atoms with Gasteiger partial charge in [0.15, 0.2) is 0 Å². The van der Waals surface area contributed by atoms with Gasteiger partial charge < -0.3 is 14.9 Å². The quantitative estimate of drug-likeness (QED) is 0.647. The number of methoxy groups -OCH3 is 1. The molecule has 0 bridgehead atoms. The minimum atomic E-state index is -1.21. The highest BCUT2D eigenvalue weighted by Gasteiger charge is 2.28. The third-order valence-electron chi connectivity index (χ3n) is 4.87. The van der Waals surface area contributed by atoms with E-state index in [0.29, 0.717) is 41.1 Å². The Labute approximate surface area is 164 Å². The summed E-state index contributed by atoms with van der Waals surface area (Å²) in [6.07, 6.45) is 0.821. The van der Waals surface area contributed by atoms with Gasteiger partial charge >= 0.3 is 0 Å². The molecule has 0 aliphatic heterocycles. The Kier molecular flexibility index (Phi) is 5.82. The second kappa shape index (κ2) is 8.12. The zero-order valence-electron chi connectivity index (χ0n) is 16.3. The van der Waals surface area contributed by atoms with E-state index in [-0.39, 0.29) is 12.4 Å². The lowest BCUT2D eigenvalue weighted by Crippen LogP contribution is -2.22. The van der Waals surface area contributed by atoms with Crippen LogP contribution in [0.25, 0.3) is 16.9 Å². The number of aliphatic hydroxyl groups is 2. The van der Waals surface area contributed by atoms with Crippen LogP contribution >= 0.6 is 0 Å². The van der Waals surface area contributed by atoms with Gasteiger partial charge in [0, 0.05) is 12.2 Å². The molecule has 5 nitrogen and oxygen atoms in total. The monoisotopic (exact) mass is 384 g/mol. The second-order valence-electron chi connectivity index (χ2n) is 7.09. The number of aryl methyl sites for hydroxylation is 1. The zero-order chi connectivity index (χ0) is 20.3. The van der Waals surface area contributed by atoms with Gasteiger partial charge in [-0.3, -0.25) is 0 Å². The van der Waals surface area contributed by atoms with Crippen molar-refractivity contribution in [3.63, 3.8) is 0 Å². The Balaban J connectivity index is 2.13. The van der Waals surface area contributed by atoms with Crippen molar-refractivity contribution >= 4 is 0 Å². The van der Waals surface area contributed by atoms with Crippen molar-refractivity contribution in [2.24, 2.45) is 0 Å². The number of aliphatic hydroxyl groups excluding tert-OH is 1. The van der Waals surface area contributed by atoms with Gasteiger partial charge in [0.2, 0.25) is 0 Å². The van der Waals surface area contributed by atoms with Gasteiger partial charge in [0.1, 0.15) is 17.2 Å². The van der Waals surface area contributed by atoms with E-state index in [2.05, 4.69) is 5.10 Å². The van der Waals surface area contributed by atoms with E-state index >= 15 is 0 Å². The van der Waals surface area contributed by atoms with Crippen LogP contribution in [0, 0.1) is 12.7 Å². The standard InChI is InChI=1S/C22H25FN2O3/c1-15-5-6-16(13-19(15)23)20-14-21(22(2,27)11-4-12-26)24-25(20)17-7-9-18(28-3)10-8-17/h5-10,13-14,26-27H,4,11-12H2,1-3H3. The molecule has 1 atom stereocenters. The maximum Gasteiger partial charge on any atom is 0.126 e. The molecule has 3 aromatic rings. The minimum absolute atomic E-state index is 0.00856. The van der Waals surface area contributed by atoms with Gasteiger partial charge in [-0.15, -0.1) is 0 Å². The smallest absolute Gasteiger partial charge is 0.126 e. The van der Waals surface area contributed by atoms with Crippen molar-refractivity contribution in [1.82, 2.24) is 9.78 Å². The van der Waals surface area contributed by atoms with Crippen molar-refractivity contribution < 1.29 is 19.3 Å². The molecular weight excluding hydrogens is 359 g/mol. The SMILES string of the molecule is COc1ccc(-n2nc(C(C)(O)CCCO)cc2-c2ccc(C)c(F)c2)cc1. The van der Waals surface area contributed by atoms with Gasteiger partial charge in [-0.1, -0.05) is 12.1 Å². The Morgan fingerprint density at radius 2 is 1.86 bits per heavy atom. The summed E-state index contributed by atoms with van der Waals surface area (Å²) in [5, 5.41) is 24.6. The Morgan fingerprint density at radius 1 is 1.14 bits per heavy atom. The number of nitrogens with zero attached hydrogens (tertiary/aromatic N) is 2. The van der Waals surface area contributed by atoms with Crippen LogP contribution in [0.2, 0.25) is 0 Å². The summed E-state index contributed by atoms with van der Waals surface area (Å²) in [7, 11) is 1.60. The molecule has 0 fully saturated rings. The highest BCUT2D eigenvalue weighted by Crippen LogP contribution is 2.32. The molecule has 3 rings (SSSR count). The first-order valence-electron chi connectivity index (χ1n) is 9.20. The fraction of sp³-hybridized carbons (Fsp3) is 0.318. The number of ether oxygens (including phenoxy) is 1. The molecule has 1 heterocycles. The van der Waals surface area contributed by atoms with Crippen molar-refractivity contribution in [3.05, 3.63) is 65.6 Å². The molecule has 6 heteroatoms. The van der Waals surface area contributed by atoms with Crippen LogP contribution in [0.15, 0.2) is 48.5 Å². The lowest BCUT2D eigenvalue weighted by Gasteiger charge is -2.20. The predicted octanol–water partition coefficient (Wildman–Crippen LogP) is 3.98. The van der Waals surface area contributed by atoms with E-state index < -0.39 is 5.60 Å². The summed E-state index contributed by atoms with van der Waals surface area (Å²) in [5.74, 6) is 0.419. The molecule has 0 radical (unpaired) electrons. The van der Waals surface area contributed by atoms with Gasteiger partial charge in [-0.05, 0) is 68.7 Å². The minimum Gasteiger partial charge on any atom is -0.497 e.